The molecule has 104 valence electrons. The van der Waals surface area contributed by atoms with Crippen LogP contribution in [0, 0.1) is 5.92 Å². The second kappa shape index (κ2) is 7.14. The van der Waals surface area contributed by atoms with Crippen LogP contribution in [0.5, 0.6) is 0 Å². The van der Waals surface area contributed by atoms with Crippen molar-refractivity contribution in [1.82, 2.24) is 4.90 Å². The van der Waals surface area contributed by atoms with Crippen LogP contribution in [0.2, 0.25) is 5.02 Å². The fourth-order valence-electron chi connectivity index (χ4n) is 1.67. The second-order valence-electron chi connectivity index (χ2n) is 4.82. The first-order valence-electron chi connectivity index (χ1n) is 6.20. The van der Waals surface area contributed by atoms with Crippen molar-refractivity contribution < 1.29 is 9.59 Å². The Bertz CT molecular complexity index is 461. The van der Waals surface area contributed by atoms with Crippen molar-refractivity contribution >= 4 is 29.1 Å². The highest BCUT2D eigenvalue weighted by Gasteiger charge is 2.15. The average Bonchev–Trinajstić information content (AvgIpc) is 2.30. The monoisotopic (exact) mass is 282 g/mol. The molecule has 0 atom stereocenters. The molecule has 0 spiro atoms. The number of para-hydroxylation sites is 1. The van der Waals surface area contributed by atoms with E-state index in [0.717, 1.165) is 0 Å². The van der Waals surface area contributed by atoms with E-state index in [0.29, 0.717) is 23.2 Å². The molecule has 19 heavy (non-hydrogen) atoms. The molecule has 4 nitrogen and oxygen atoms in total. The molecule has 0 fully saturated rings. The molecule has 0 radical (unpaired) electrons. The van der Waals surface area contributed by atoms with Gasteiger partial charge in [-0.15, -0.1) is 0 Å². The second-order valence-corrected chi connectivity index (χ2v) is 5.23. The molecule has 2 amide bonds. The highest BCUT2D eigenvalue weighted by Crippen LogP contribution is 2.20. The van der Waals surface area contributed by atoms with Crippen LogP contribution in [0.25, 0.3) is 0 Å². The Morgan fingerprint density at radius 1 is 1.32 bits per heavy atom. The predicted molar refractivity (Wildman–Crippen MR) is 77.2 cm³/mol. The zero-order valence-corrected chi connectivity index (χ0v) is 12.2. The molecule has 0 aromatic heterocycles. The van der Waals surface area contributed by atoms with Gasteiger partial charge in [0.25, 0.3) is 0 Å². The van der Waals surface area contributed by atoms with Gasteiger partial charge in [-0.1, -0.05) is 37.6 Å². The molecule has 0 saturated carbocycles. The van der Waals surface area contributed by atoms with Gasteiger partial charge >= 0.3 is 0 Å². The molecule has 1 N–H and O–H groups in total. The summed E-state index contributed by atoms with van der Waals surface area (Å²) in [5, 5.41) is 3.18. The third-order valence-electron chi connectivity index (χ3n) is 2.51. The van der Waals surface area contributed by atoms with E-state index in [2.05, 4.69) is 5.32 Å². The Labute approximate surface area is 118 Å². The summed E-state index contributed by atoms with van der Waals surface area (Å²) in [7, 11) is 0. The Morgan fingerprint density at radius 2 is 1.95 bits per heavy atom. The lowest BCUT2D eigenvalue weighted by atomic mass is 10.2. The van der Waals surface area contributed by atoms with Crippen LogP contribution in [-0.4, -0.2) is 29.8 Å². The van der Waals surface area contributed by atoms with Gasteiger partial charge in [0.1, 0.15) is 0 Å². The minimum Gasteiger partial charge on any atom is -0.333 e. The number of anilines is 1. The topological polar surface area (TPSA) is 49.4 Å². The minimum atomic E-state index is -0.246. The molecule has 0 unspecified atom stereocenters. The Kier molecular flexibility index (Phi) is 5.83. The van der Waals surface area contributed by atoms with Gasteiger partial charge in [0.15, 0.2) is 0 Å². The van der Waals surface area contributed by atoms with E-state index in [1.807, 2.05) is 13.8 Å². The fraction of sp³-hybridized carbons (Fsp3) is 0.429. The highest BCUT2D eigenvalue weighted by atomic mass is 35.5. The van der Waals surface area contributed by atoms with E-state index >= 15 is 0 Å². The maximum absolute atomic E-state index is 11.9. The lowest BCUT2D eigenvalue weighted by Gasteiger charge is -2.22. The number of hydrogen-bond acceptors (Lipinski definition) is 2. The van der Waals surface area contributed by atoms with Crippen molar-refractivity contribution in [2.24, 2.45) is 5.92 Å². The SMILES string of the molecule is CC(=O)N(CC(=O)Nc1ccccc1Cl)CC(C)C. The van der Waals surface area contributed by atoms with E-state index in [1.165, 1.54) is 11.8 Å². The van der Waals surface area contributed by atoms with Crippen LogP contribution >= 0.6 is 11.6 Å². The van der Waals surface area contributed by atoms with E-state index in [9.17, 15) is 9.59 Å². The van der Waals surface area contributed by atoms with Crippen molar-refractivity contribution in [2.75, 3.05) is 18.4 Å². The number of amides is 2. The first kappa shape index (κ1) is 15.5. The summed E-state index contributed by atoms with van der Waals surface area (Å²) in [4.78, 5) is 24.9. The van der Waals surface area contributed by atoms with E-state index in [1.54, 1.807) is 24.3 Å². The van der Waals surface area contributed by atoms with Crippen LogP contribution in [0.3, 0.4) is 0 Å². The Hall–Kier alpha value is -1.55. The number of nitrogens with one attached hydrogen (secondary N) is 1. The van der Waals surface area contributed by atoms with Gasteiger partial charge in [0.2, 0.25) is 11.8 Å². The number of rotatable bonds is 5. The summed E-state index contributed by atoms with van der Waals surface area (Å²) in [6, 6.07) is 7.01. The molecular weight excluding hydrogens is 264 g/mol. The van der Waals surface area contributed by atoms with E-state index in [4.69, 9.17) is 11.6 Å². The van der Waals surface area contributed by atoms with Crippen molar-refractivity contribution in [3.05, 3.63) is 29.3 Å². The van der Waals surface area contributed by atoms with Gasteiger partial charge in [0.05, 0.1) is 17.3 Å². The first-order chi connectivity index (χ1) is 8.90. The van der Waals surface area contributed by atoms with E-state index < -0.39 is 0 Å². The standard InChI is InChI=1S/C14H19ClN2O2/c1-10(2)8-17(11(3)18)9-14(19)16-13-7-5-4-6-12(13)15/h4-7,10H,8-9H2,1-3H3,(H,16,19). The quantitative estimate of drug-likeness (QED) is 0.903. The van der Waals surface area contributed by atoms with Gasteiger partial charge in [0, 0.05) is 13.5 Å². The van der Waals surface area contributed by atoms with Crippen LogP contribution in [0.1, 0.15) is 20.8 Å². The van der Waals surface area contributed by atoms with Gasteiger partial charge < -0.3 is 10.2 Å². The third kappa shape index (κ3) is 5.30. The number of hydrogen-bond donors (Lipinski definition) is 1. The molecular formula is C14H19ClN2O2. The summed E-state index contributed by atoms with van der Waals surface area (Å²) in [5.41, 5.74) is 0.558. The normalized spacial score (nSPS) is 10.4. The molecule has 0 saturated heterocycles. The minimum absolute atomic E-state index is 0.0404. The number of carbonyl (C=O) groups is 2. The van der Waals surface area contributed by atoms with Gasteiger partial charge in [-0.25, -0.2) is 0 Å². The Balaban J connectivity index is 2.63. The van der Waals surface area contributed by atoms with E-state index in [-0.39, 0.29) is 18.4 Å². The predicted octanol–water partition coefficient (Wildman–Crippen LogP) is 2.78. The summed E-state index contributed by atoms with van der Waals surface area (Å²) in [6.45, 7) is 6.07. The molecule has 1 aromatic rings. The summed E-state index contributed by atoms with van der Waals surface area (Å²) in [5.74, 6) is -0.0380. The highest BCUT2D eigenvalue weighted by molar-refractivity contribution is 6.33. The van der Waals surface area contributed by atoms with Gasteiger partial charge in [-0.2, -0.15) is 0 Å². The molecule has 0 heterocycles. The van der Waals surface area contributed by atoms with Crippen molar-refractivity contribution in [3.63, 3.8) is 0 Å². The molecule has 1 rings (SSSR count). The largest absolute Gasteiger partial charge is 0.333 e. The number of carbonyl (C=O) groups excluding carboxylic acids is 2. The van der Waals surface area contributed by atoms with Crippen LogP contribution in [-0.2, 0) is 9.59 Å². The molecule has 1 aromatic carbocycles. The number of nitrogens with zero attached hydrogens (tertiary/aromatic N) is 1. The molecule has 0 bridgehead atoms. The smallest absolute Gasteiger partial charge is 0.244 e. The number of halogens is 1. The third-order valence-corrected chi connectivity index (χ3v) is 2.84. The molecule has 5 heteroatoms. The van der Waals surface area contributed by atoms with Crippen LogP contribution in [0.4, 0.5) is 5.69 Å². The zero-order valence-electron chi connectivity index (χ0n) is 11.4. The van der Waals surface area contributed by atoms with Gasteiger partial charge in [-0.05, 0) is 18.1 Å². The van der Waals surface area contributed by atoms with Crippen LogP contribution < -0.4 is 5.32 Å². The van der Waals surface area contributed by atoms with Crippen molar-refractivity contribution in [1.29, 1.82) is 0 Å². The van der Waals surface area contributed by atoms with Crippen molar-refractivity contribution in [3.8, 4) is 0 Å². The first-order valence-corrected chi connectivity index (χ1v) is 6.58. The lowest BCUT2D eigenvalue weighted by molar-refractivity contribution is -0.133. The van der Waals surface area contributed by atoms with Gasteiger partial charge in [-0.3, -0.25) is 9.59 Å². The summed E-state index contributed by atoms with van der Waals surface area (Å²) < 4.78 is 0. The molecule has 0 aliphatic rings. The maximum Gasteiger partial charge on any atom is 0.244 e. The molecule has 0 aliphatic heterocycles. The summed E-state index contributed by atoms with van der Waals surface area (Å²) >= 11 is 5.96. The zero-order chi connectivity index (χ0) is 14.4. The number of benzene rings is 1. The maximum atomic E-state index is 11.9. The lowest BCUT2D eigenvalue weighted by Crippen LogP contribution is -2.38. The Morgan fingerprint density at radius 3 is 2.47 bits per heavy atom. The fourth-order valence-corrected chi connectivity index (χ4v) is 1.85. The summed E-state index contributed by atoms with van der Waals surface area (Å²) in [6.07, 6.45) is 0. The average molecular weight is 283 g/mol. The molecule has 0 aliphatic carbocycles. The van der Waals surface area contributed by atoms with Crippen LogP contribution in [0.15, 0.2) is 24.3 Å². The van der Waals surface area contributed by atoms with Crippen molar-refractivity contribution in [2.45, 2.75) is 20.8 Å².